The molecule has 118 valence electrons. The van der Waals surface area contributed by atoms with E-state index < -0.39 is 0 Å². The predicted octanol–water partition coefficient (Wildman–Crippen LogP) is 4.72. The lowest BCUT2D eigenvalue weighted by Gasteiger charge is -2.08. The molecule has 0 heterocycles. The van der Waals surface area contributed by atoms with Crippen LogP contribution in [-0.4, -0.2) is 22.6 Å². The summed E-state index contributed by atoms with van der Waals surface area (Å²) in [5.41, 5.74) is 0.895. The third-order valence-corrected chi connectivity index (χ3v) is 3.53. The largest absolute Gasteiger partial charge is 0.507 e. The van der Waals surface area contributed by atoms with Gasteiger partial charge in [-0.15, -0.1) is 0 Å². The van der Waals surface area contributed by atoms with Crippen molar-refractivity contribution in [2.24, 2.45) is 5.16 Å². The number of hydrogen-bond acceptors (Lipinski definition) is 4. The fourth-order valence-corrected chi connectivity index (χ4v) is 2.21. The highest BCUT2D eigenvalue weighted by Crippen LogP contribution is 2.24. The van der Waals surface area contributed by atoms with Crippen LogP contribution < -0.4 is 4.74 Å². The monoisotopic (exact) mass is 293 g/mol. The van der Waals surface area contributed by atoms with Crippen molar-refractivity contribution in [3.63, 3.8) is 0 Å². The number of benzene rings is 1. The Morgan fingerprint density at radius 1 is 1.10 bits per heavy atom. The lowest BCUT2D eigenvalue weighted by Crippen LogP contribution is -1.99. The molecular weight excluding hydrogens is 266 g/mol. The van der Waals surface area contributed by atoms with Gasteiger partial charge in [0.1, 0.15) is 11.5 Å². The molecule has 0 radical (unpaired) electrons. The van der Waals surface area contributed by atoms with Crippen LogP contribution in [-0.2, 0) is 0 Å². The maximum atomic E-state index is 9.84. The summed E-state index contributed by atoms with van der Waals surface area (Å²) in [6.07, 6.45) is 8.73. The van der Waals surface area contributed by atoms with Gasteiger partial charge in [-0.2, -0.15) is 0 Å². The van der Waals surface area contributed by atoms with Crippen LogP contribution in [0.2, 0.25) is 0 Å². The van der Waals surface area contributed by atoms with E-state index >= 15 is 0 Å². The molecule has 0 aliphatic rings. The number of aromatic hydroxyl groups is 1. The lowest BCUT2D eigenvalue weighted by molar-refractivity contribution is 0.302. The van der Waals surface area contributed by atoms with Gasteiger partial charge in [0.05, 0.1) is 12.3 Å². The minimum absolute atomic E-state index is 0.0716. The van der Waals surface area contributed by atoms with E-state index in [4.69, 9.17) is 9.94 Å². The highest BCUT2D eigenvalue weighted by molar-refractivity contribution is 6.00. The van der Waals surface area contributed by atoms with E-state index in [0.29, 0.717) is 23.6 Å². The maximum absolute atomic E-state index is 9.84. The Morgan fingerprint density at radius 2 is 1.76 bits per heavy atom. The first kappa shape index (κ1) is 17.3. The van der Waals surface area contributed by atoms with Gasteiger partial charge in [0.2, 0.25) is 0 Å². The molecule has 0 atom stereocenters. The van der Waals surface area contributed by atoms with Crippen LogP contribution >= 0.6 is 0 Å². The van der Waals surface area contributed by atoms with Crippen molar-refractivity contribution in [2.45, 2.75) is 58.8 Å². The van der Waals surface area contributed by atoms with E-state index in [-0.39, 0.29) is 5.75 Å². The quantitative estimate of drug-likeness (QED) is 0.284. The smallest absolute Gasteiger partial charge is 0.128 e. The van der Waals surface area contributed by atoms with Gasteiger partial charge in [0.25, 0.3) is 0 Å². The minimum atomic E-state index is 0.0716. The Bertz CT molecular complexity index is 444. The SMILES string of the molecule is CCCCCCCCCOc1ccc(C(C)=NO)c(O)c1. The molecule has 0 saturated heterocycles. The fraction of sp³-hybridized carbons (Fsp3) is 0.588. The van der Waals surface area contributed by atoms with Crippen molar-refractivity contribution in [2.75, 3.05) is 6.61 Å². The fourth-order valence-electron chi connectivity index (χ4n) is 2.21. The Morgan fingerprint density at radius 3 is 2.38 bits per heavy atom. The number of hydrogen-bond donors (Lipinski definition) is 2. The molecular formula is C17H27NO3. The van der Waals surface area contributed by atoms with Gasteiger partial charge in [0, 0.05) is 11.6 Å². The Hall–Kier alpha value is -1.71. The third kappa shape index (κ3) is 6.52. The summed E-state index contributed by atoms with van der Waals surface area (Å²) < 4.78 is 5.62. The number of phenolic OH excluding ortho intramolecular Hbond substituents is 1. The van der Waals surface area contributed by atoms with E-state index in [1.807, 2.05) is 0 Å². The van der Waals surface area contributed by atoms with Crippen molar-refractivity contribution in [3.8, 4) is 11.5 Å². The number of rotatable bonds is 10. The Balaban J connectivity index is 2.25. The van der Waals surface area contributed by atoms with Crippen LogP contribution in [0.25, 0.3) is 0 Å². The van der Waals surface area contributed by atoms with Crippen molar-refractivity contribution >= 4 is 5.71 Å². The third-order valence-electron chi connectivity index (χ3n) is 3.53. The second-order valence-electron chi connectivity index (χ2n) is 5.33. The average molecular weight is 293 g/mol. The first-order valence-corrected chi connectivity index (χ1v) is 7.84. The van der Waals surface area contributed by atoms with E-state index in [2.05, 4.69) is 12.1 Å². The minimum Gasteiger partial charge on any atom is -0.507 e. The number of ether oxygens (including phenoxy) is 1. The summed E-state index contributed by atoms with van der Waals surface area (Å²) in [5.74, 6) is 0.718. The molecule has 0 aliphatic heterocycles. The van der Waals surface area contributed by atoms with Gasteiger partial charge < -0.3 is 15.1 Å². The summed E-state index contributed by atoms with van der Waals surface area (Å²) >= 11 is 0. The molecule has 4 heteroatoms. The van der Waals surface area contributed by atoms with Gasteiger partial charge in [-0.3, -0.25) is 0 Å². The molecule has 2 N–H and O–H groups in total. The molecule has 0 saturated carbocycles. The Kier molecular flexibility index (Phi) is 8.32. The molecule has 4 nitrogen and oxygen atoms in total. The zero-order valence-corrected chi connectivity index (χ0v) is 13.1. The van der Waals surface area contributed by atoms with Crippen LogP contribution in [0.5, 0.6) is 11.5 Å². The van der Waals surface area contributed by atoms with Gasteiger partial charge in [-0.1, -0.05) is 50.6 Å². The van der Waals surface area contributed by atoms with Crippen molar-refractivity contribution < 1.29 is 15.1 Å². The average Bonchev–Trinajstić information content (AvgIpc) is 2.49. The zero-order chi connectivity index (χ0) is 15.5. The van der Waals surface area contributed by atoms with Gasteiger partial charge in [0.15, 0.2) is 0 Å². The second kappa shape index (κ2) is 10.1. The van der Waals surface area contributed by atoms with E-state index in [1.54, 1.807) is 25.1 Å². The maximum Gasteiger partial charge on any atom is 0.128 e. The molecule has 1 aromatic rings. The predicted molar refractivity (Wildman–Crippen MR) is 85.6 cm³/mol. The summed E-state index contributed by atoms with van der Waals surface area (Å²) in [6.45, 7) is 4.52. The molecule has 0 spiro atoms. The van der Waals surface area contributed by atoms with Crippen LogP contribution in [0.1, 0.15) is 64.4 Å². The van der Waals surface area contributed by atoms with E-state index in [9.17, 15) is 5.11 Å². The normalized spacial score (nSPS) is 11.6. The number of phenols is 1. The van der Waals surface area contributed by atoms with Crippen LogP contribution in [0.3, 0.4) is 0 Å². The van der Waals surface area contributed by atoms with Crippen molar-refractivity contribution in [1.29, 1.82) is 0 Å². The molecule has 0 aromatic heterocycles. The number of nitrogens with zero attached hydrogens (tertiary/aromatic N) is 1. The summed E-state index contributed by atoms with van der Waals surface area (Å²) in [5, 5.41) is 21.6. The topological polar surface area (TPSA) is 62.0 Å². The molecule has 0 amide bonds. The molecule has 0 aliphatic carbocycles. The van der Waals surface area contributed by atoms with Gasteiger partial charge in [-0.05, 0) is 25.5 Å². The van der Waals surface area contributed by atoms with Gasteiger partial charge >= 0.3 is 0 Å². The molecule has 0 unspecified atom stereocenters. The first-order chi connectivity index (χ1) is 10.2. The lowest BCUT2D eigenvalue weighted by atomic mass is 10.1. The zero-order valence-electron chi connectivity index (χ0n) is 13.1. The molecule has 0 fully saturated rings. The summed E-state index contributed by atoms with van der Waals surface area (Å²) in [6, 6.07) is 5.04. The van der Waals surface area contributed by atoms with E-state index in [0.717, 1.165) is 6.42 Å². The highest BCUT2D eigenvalue weighted by atomic mass is 16.5. The molecule has 1 rings (SSSR count). The second-order valence-corrected chi connectivity index (χ2v) is 5.33. The number of unbranched alkanes of at least 4 members (excludes halogenated alkanes) is 6. The highest BCUT2D eigenvalue weighted by Gasteiger charge is 2.06. The van der Waals surface area contributed by atoms with Crippen molar-refractivity contribution in [1.82, 2.24) is 0 Å². The van der Waals surface area contributed by atoms with Crippen LogP contribution in [0, 0.1) is 0 Å². The Labute approximate surface area is 127 Å². The van der Waals surface area contributed by atoms with E-state index in [1.165, 1.54) is 38.5 Å². The molecule has 0 bridgehead atoms. The first-order valence-electron chi connectivity index (χ1n) is 7.84. The number of oxime groups is 1. The van der Waals surface area contributed by atoms with Crippen molar-refractivity contribution in [3.05, 3.63) is 23.8 Å². The van der Waals surface area contributed by atoms with Crippen LogP contribution in [0.4, 0.5) is 0 Å². The molecule has 1 aromatic carbocycles. The summed E-state index contributed by atoms with van der Waals surface area (Å²) in [4.78, 5) is 0. The van der Waals surface area contributed by atoms with Gasteiger partial charge in [-0.25, -0.2) is 0 Å². The van der Waals surface area contributed by atoms with Crippen LogP contribution in [0.15, 0.2) is 23.4 Å². The standard InChI is InChI=1S/C17H27NO3/c1-3-4-5-6-7-8-9-12-21-15-10-11-16(14(2)18-20)17(19)13-15/h10-11,13,19-20H,3-9,12H2,1-2H3. The molecule has 21 heavy (non-hydrogen) atoms. The summed E-state index contributed by atoms with van der Waals surface area (Å²) in [7, 11) is 0.